The molecule has 29 heavy (non-hydrogen) atoms. The SMILES string of the molecule is CCCCn1cc(-c2cc3cc(C(C)(C)C)ccc3o2)c(=O)n(CCCC)c1=O. The zero-order valence-corrected chi connectivity index (χ0v) is 18.2. The normalized spacial score (nSPS) is 12.0. The molecule has 3 rings (SSSR count). The molecule has 0 atom stereocenters. The molecule has 0 spiro atoms. The van der Waals surface area contributed by atoms with E-state index in [1.807, 2.05) is 12.1 Å². The van der Waals surface area contributed by atoms with Gasteiger partial charge in [0.2, 0.25) is 0 Å². The first-order chi connectivity index (χ1) is 13.8. The van der Waals surface area contributed by atoms with Crippen molar-refractivity contribution in [2.75, 3.05) is 0 Å². The number of aromatic nitrogens is 2. The molecule has 0 radical (unpaired) electrons. The van der Waals surface area contributed by atoms with Crippen molar-refractivity contribution < 1.29 is 4.42 Å². The molecule has 0 amide bonds. The van der Waals surface area contributed by atoms with Crippen molar-refractivity contribution in [1.82, 2.24) is 9.13 Å². The van der Waals surface area contributed by atoms with E-state index in [-0.39, 0.29) is 16.7 Å². The molecule has 0 unspecified atom stereocenters. The molecular weight excluding hydrogens is 364 g/mol. The summed E-state index contributed by atoms with van der Waals surface area (Å²) in [7, 11) is 0. The van der Waals surface area contributed by atoms with Gasteiger partial charge in [0.05, 0.1) is 5.56 Å². The smallest absolute Gasteiger partial charge is 0.330 e. The fourth-order valence-electron chi connectivity index (χ4n) is 3.47. The minimum Gasteiger partial charge on any atom is -0.456 e. The van der Waals surface area contributed by atoms with Crippen LogP contribution in [0, 0.1) is 0 Å². The highest BCUT2D eigenvalue weighted by Gasteiger charge is 2.18. The molecule has 0 aliphatic heterocycles. The molecule has 5 heteroatoms. The molecule has 0 bridgehead atoms. The van der Waals surface area contributed by atoms with Crippen LogP contribution in [0.2, 0.25) is 0 Å². The second-order valence-corrected chi connectivity index (χ2v) is 8.80. The molecule has 3 aromatic rings. The van der Waals surface area contributed by atoms with Crippen molar-refractivity contribution in [2.24, 2.45) is 0 Å². The molecule has 0 N–H and O–H groups in total. The van der Waals surface area contributed by atoms with Crippen molar-refractivity contribution in [2.45, 2.75) is 78.8 Å². The van der Waals surface area contributed by atoms with Gasteiger partial charge in [-0.1, -0.05) is 53.5 Å². The van der Waals surface area contributed by atoms with Crippen molar-refractivity contribution in [3.05, 3.63) is 56.9 Å². The third kappa shape index (κ3) is 4.39. The number of hydrogen-bond donors (Lipinski definition) is 0. The second kappa shape index (κ2) is 8.44. The first-order valence-electron chi connectivity index (χ1n) is 10.6. The molecule has 0 saturated carbocycles. The molecule has 2 aromatic heterocycles. The maximum Gasteiger partial charge on any atom is 0.330 e. The topological polar surface area (TPSA) is 57.1 Å². The van der Waals surface area contributed by atoms with Crippen LogP contribution in [-0.2, 0) is 18.5 Å². The van der Waals surface area contributed by atoms with E-state index in [1.54, 1.807) is 10.8 Å². The van der Waals surface area contributed by atoms with Crippen LogP contribution in [0.25, 0.3) is 22.3 Å². The summed E-state index contributed by atoms with van der Waals surface area (Å²) >= 11 is 0. The lowest BCUT2D eigenvalue weighted by molar-refractivity contribution is 0.515. The lowest BCUT2D eigenvalue weighted by Crippen LogP contribution is -2.40. The van der Waals surface area contributed by atoms with Crippen molar-refractivity contribution in [1.29, 1.82) is 0 Å². The third-order valence-electron chi connectivity index (χ3n) is 5.37. The highest BCUT2D eigenvalue weighted by Crippen LogP contribution is 2.30. The minimum absolute atomic E-state index is 0.0336. The van der Waals surface area contributed by atoms with Crippen LogP contribution in [-0.4, -0.2) is 9.13 Å². The Kier molecular flexibility index (Phi) is 6.15. The van der Waals surface area contributed by atoms with Gasteiger partial charge < -0.3 is 4.42 Å². The van der Waals surface area contributed by atoms with Crippen LogP contribution < -0.4 is 11.2 Å². The Hall–Kier alpha value is -2.56. The van der Waals surface area contributed by atoms with Crippen molar-refractivity contribution >= 4 is 11.0 Å². The number of fused-ring (bicyclic) bond motifs is 1. The number of benzene rings is 1. The summed E-state index contributed by atoms with van der Waals surface area (Å²) in [4.78, 5) is 25.9. The zero-order valence-electron chi connectivity index (χ0n) is 18.2. The van der Waals surface area contributed by atoms with E-state index in [4.69, 9.17) is 4.42 Å². The summed E-state index contributed by atoms with van der Waals surface area (Å²) < 4.78 is 9.05. The number of hydrogen-bond acceptors (Lipinski definition) is 3. The molecular formula is C24H32N2O3. The number of furan rings is 1. The van der Waals surface area contributed by atoms with E-state index in [1.165, 1.54) is 10.1 Å². The van der Waals surface area contributed by atoms with Crippen LogP contribution >= 0.6 is 0 Å². The number of unbranched alkanes of at least 4 members (excludes halogenated alkanes) is 2. The van der Waals surface area contributed by atoms with Gasteiger partial charge in [0.15, 0.2) is 0 Å². The zero-order chi connectivity index (χ0) is 21.2. The first-order valence-corrected chi connectivity index (χ1v) is 10.6. The van der Waals surface area contributed by atoms with E-state index < -0.39 is 0 Å². The van der Waals surface area contributed by atoms with Gasteiger partial charge in [-0.15, -0.1) is 0 Å². The molecule has 0 aliphatic carbocycles. The molecule has 0 fully saturated rings. The maximum absolute atomic E-state index is 13.1. The standard InChI is InChI=1S/C24H32N2O3/c1-6-8-12-25-16-19(22(27)26(23(25)28)13-9-7-2)21-15-17-14-18(24(3,4)5)10-11-20(17)29-21/h10-11,14-16H,6-9,12-13H2,1-5H3. The van der Waals surface area contributed by atoms with Crippen LogP contribution in [0.5, 0.6) is 0 Å². The Bertz CT molecular complexity index is 1110. The van der Waals surface area contributed by atoms with Gasteiger partial charge in [-0.05, 0) is 42.0 Å². The monoisotopic (exact) mass is 396 g/mol. The quantitative estimate of drug-likeness (QED) is 0.543. The van der Waals surface area contributed by atoms with E-state index in [2.05, 4.69) is 46.8 Å². The summed E-state index contributed by atoms with van der Waals surface area (Å²) in [5.41, 5.74) is 1.94. The fourth-order valence-corrected chi connectivity index (χ4v) is 3.47. The summed E-state index contributed by atoms with van der Waals surface area (Å²) in [5.74, 6) is 0.520. The van der Waals surface area contributed by atoms with Gasteiger partial charge >= 0.3 is 5.69 Å². The number of nitrogens with zero attached hydrogens (tertiary/aromatic N) is 2. The average Bonchev–Trinajstić information content (AvgIpc) is 3.09. The average molecular weight is 397 g/mol. The molecule has 0 aliphatic rings. The van der Waals surface area contributed by atoms with Gasteiger partial charge in [0, 0.05) is 24.7 Å². The van der Waals surface area contributed by atoms with E-state index in [0.29, 0.717) is 24.4 Å². The molecule has 156 valence electrons. The van der Waals surface area contributed by atoms with Crippen LogP contribution in [0.4, 0.5) is 0 Å². The molecule has 5 nitrogen and oxygen atoms in total. The van der Waals surface area contributed by atoms with Crippen molar-refractivity contribution in [3.8, 4) is 11.3 Å². The van der Waals surface area contributed by atoms with Crippen molar-refractivity contribution in [3.63, 3.8) is 0 Å². The molecule has 2 heterocycles. The Morgan fingerprint density at radius 3 is 2.31 bits per heavy atom. The Morgan fingerprint density at radius 1 is 0.966 bits per heavy atom. The van der Waals surface area contributed by atoms with E-state index in [0.717, 1.165) is 36.7 Å². The van der Waals surface area contributed by atoms with E-state index in [9.17, 15) is 9.59 Å². The van der Waals surface area contributed by atoms with Gasteiger partial charge in [0.1, 0.15) is 11.3 Å². The predicted octanol–water partition coefficient (Wildman–Crippen LogP) is 5.32. The number of aryl methyl sites for hydroxylation is 1. The summed E-state index contributed by atoms with van der Waals surface area (Å²) in [6.07, 6.45) is 5.26. The summed E-state index contributed by atoms with van der Waals surface area (Å²) in [5, 5.41) is 0.971. The lowest BCUT2D eigenvalue weighted by Gasteiger charge is -2.18. The first kappa shape index (κ1) is 21.2. The molecule has 1 aromatic carbocycles. The lowest BCUT2D eigenvalue weighted by atomic mass is 9.86. The highest BCUT2D eigenvalue weighted by atomic mass is 16.3. The second-order valence-electron chi connectivity index (χ2n) is 8.80. The Labute approximate surface area is 172 Å². The van der Waals surface area contributed by atoms with Gasteiger partial charge in [-0.2, -0.15) is 0 Å². The fraction of sp³-hybridized carbons (Fsp3) is 0.500. The maximum atomic E-state index is 13.1. The molecule has 0 saturated heterocycles. The highest BCUT2D eigenvalue weighted by molar-refractivity contribution is 5.83. The van der Waals surface area contributed by atoms with Gasteiger partial charge in [-0.25, -0.2) is 4.79 Å². The Balaban J connectivity index is 2.16. The number of rotatable bonds is 7. The van der Waals surface area contributed by atoms with Crippen LogP contribution in [0.3, 0.4) is 0 Å². The minimum atomic E-state index is -0.272. The van der Waals surface area contributed by atoms with Gasteiger partial charge in [0.25, 0.3) is 5.56 Å². The van der Waals surface area contributed by atoms with Crippen LogP contribution in [0.15, 0.2) is 44.5 Å². The van der Waals surface area contributed by atoms with E-state index >= 15 is 0 Å². The van der Waals surface area contributed by atoms with Crippen LogP contribution in [0.1, 0.15) is 65.9 Å². The predicted molar refractivity (Wildman–Crippen MR) is 119 cm³/mol. The third-order valence-corrected chi connectivity index (χ3v) is 5.37. The summed E-state index contributed by atoms with van der Waals surface area (Å²) in [6.45, 7) is 11.7. The van der Waals surface area contributed by atoms with Gasteiger partial charge in [-0.3, -0.25) is 13.9 Å². The largest absolute Gasteiger partial charge is 0.456 e. The Morgan fingerprint density at radius 2 is 1.66 bits per heavy atom. The summed E-state index contributed by atoms with van der Waals surface area (Å²) in [6, 6.07) is 8.06.